The van der Waals surface area contributed by atoms with E-state index in [2.05, 4.69) is 54.2 Å². The molecule has 24 heavy (non-hydrogen) atoms. The smallest absolute Gasteiger partial charge is 0.308 e. The van der Waals surface area contributed by atoms with E-state index in [1.165, 1.54) is 12.7 Å². The summed E-state index contributed by atoms with van der Waals surface area (Å²) in [5.41, 5.74) is 3.24. The fourth-order valence-electron chi connectivity index (χ4n) is 2.83. The number of hydrogen-bond acceptors (Lipinski definition) is 5. The molecule has 0 aliphatic carbocycles. The van der Waals surface area contributed by atoms with Crippen LogP contribution in [-0.4, -0.2) is 34.1 Å². The molecule has 0 N–H and O–H groups in total. The van der Waals surface area contributed by atoms with Crippen LogP contribution in [-0.2, 0) is 14.9 Å². The summed E-state index contributed by atoms with van der Waals surface area (Å²) in [4.78, 5) is 16.3. The zero-order valence-electron chi connectivity index (χ0n) is 14.7. The average molecular weight is 326 g/mol. The molecular weight excluding hydrogens is 304 g/mol. The molecule has 1 aromatic carbocycles. The lowest BCUT2D eigenvalue weighted by atomic mass is 9.86. The van der Waals surface area contributed by atoms with Crippen LogP contribution in [0.3, 0.4) is 0 Å². The van der Waals surface area contributed by atoms with Crippen molar-refractivity contribution in [1.29, 1.82) is 0 Å². The lowest BCUT2D eigenvalue weighted by molar-refractivity contribution is -0.141. The van der Waals surface area contributed by atoms with E-state index in [4.69, 9.17) is 4.74 Å². The van der Waals surface area contributed by atoms with Crippen LogP contribution in [0.15, 0.2) is 23.2 Å². The van der Waals surface area contributed by atoms with E-state index < -0.39 is 6.04 Å². The van der Waals surface area contributed by atoms with E-state index in [0.29, 0.717) is 5.82 Å². The Morgan fingerprint density at radius 3 is 2.71 bits per heavy atom. The van der Waals surface area contributed by atoms with Crippen LogP contribution in [0.4, 0.5) is 0 Å². The number of esters is 1. The molecule has 2 heterocycles. The number of ether oxygens (including phenoxy) is 1. The summed E-state index contributed by atoms with van der Waals surface area (Å²) >= 11 is 0. The van der Waals surface area contributed by atoms with Gasteiger partial charge in [0.25, 0.3) is 0 Å². The molecule has 6 heteroatoms. The van der Waals surface area contributed by atoms with Crippen LogP contribution in [0, 0.1) is 6.92 Å². The molecule has 126 valence electrons. The number of benzene rings is 1. The molecule has 0 saturated heterocycles. The molecular formula is C18H22N4O2. The standard InChI is InChI=1S/C18H22N4O2/c1-11-20-21-17-14(9-16(23)24-5)19-10-12-6-7-13(18(2,3)4)8-15(12)22(11)17/h6-8,10,14H,9H2,1-5H3/t14-/m0/s1. The van der Waals surface area contributed by atoms with Crippen LogP contribution in [0.5, 0.6) is 0 Å². The number of nitrogens with zero attached hydrogens (tertiary/aromatic N) is 4. The number of hydrogen-bond donors (Lipinski definition) is 0. The highest BCUT2D eigenvalue weighted by molar-refractivity contribution is 5.86. The van der Waals surface area contributed by atoms with Gasteiger partial charge in [0, 0.05) is 11.8 Å². The summed E-state index contributed by atoms with van der Waals surface area (Å²) in [6.45, 7) is 8.45. The Morgan fingerprint density at radius 2 is 2.04 bits per heavy atom. The van der Waals surface area contributed by atoms with Crippen molar-refractivity contribution in [3.8, 4) is 5.69 Å². The van der Waals surface area contributed by atoms with Gasteiger partial charge in [0.05, 0.1) is 19.2 Å². The monoisotopic (exact) mass is 326 g/mol. The zero-order chi connectivity index (χ0) is 17.5. The van der Waals surface area contributed by atoms with E-state index in [0.717, 1.165) is 17.1 Å². The topological polar surface area (TPSA) is 69.4 Å². The molecule has 0 fully saturated rings. The molecule has 0 spiro atoms. The minimum atomic E-state index is -0.399. The molecule has 2 aromatic rings. The first kappa shape index (κ1) is 16.4. The number of methoxy groups -OCH3 is 1. The maximum Gasteiger partial charge on any atom is 0.308 e. The van der Waals surface area contributed by atoms with Gasteiger partial charge < -0.3 is 4.74 Å². The van der Waals surface area contributed by atoms with Crippen LogP contribution >= 0.6 is 0 Å². The molecule has 0 amide bonds. The van der Waals surface area contributed by atoms with Crippen molar-refractivity contribution in [2.24, 2.45) is 4.99 Å². The first-order chi connectivity index (χ1) is 11.3. The number of aromatic nitrogens is 3. The van der Waals surface area contributed by atoms with Gasteiger partial charge in [0.2, 0.25) is 0 Å². The number of aliphatic imine (C=N–C) groups is 1. The molecule has 0 saturated carbocycles. The molecule has 1 atom stereocenters. The molecule has 0 unspecified atom stereocenters. The van der Waals surface area contributed by atoms with Crippen LogP contribution in [0.25, 0.3) is 5.69 Å². The predicted octanol–water partition coefficient (Wildman–Crippen LogP) is 2.91. The number of fused-ring (bicyclic) bond motifs is 3. The Labute approximate surface area is 141 Å². The quantitative estimate of drug-likeness (QED) is 0.796. The highest BCUT2D eigenvalue weighted by atomic mass is 16.5. The second-order valence-corrected chi connectivity index (χ2v) is 7.04. The molecule has 3 rings (SSSR count). The number of carbonyl (C=O) groups excluding carboxylic acids is 1. The maximum absolute atomic E-state index is 11.7. The van der Waals surface area contributed by atoms with Gasteiger partial charge in [-0.3, -0.25) is 14.4 Å². The Balaban J connectivity index is 2.16. The second-order valence-electron chi connectivity index (χ2n) is 7.04. The van der Waals surface area contributed by atoms with Crippen molar-refractivity contribution >= 4 is 12.2 Å². The largest absolute Gasteiger partial charge is 0.469 e. The van der Waals surface area contributed by atoms with Gasteiger partial charge in [0.1, 0.15) is 11.9 Å². The molecule has 1 aromatic heterocycles. The third kappa shape index (κ3) is 2.84. The Kier molecular flexibility index (Phi) is 3.99. The first-order valence-corrected chi connectivity index (χ1v) is 7.98. The highest BCUT2D eigenvalue weighted by Crippen LogP contribution is 2.32. The first-order valence-electron chi connectivity index (χ1n) is 7.98. The summed E-state index contributed by atoms with van der Waals surface area (Å²) in [6, 6.07) is 5.93. The van der Waals surface area contributed by atoms with Crippen molar-refractivity contribution in [2.45, 2.75) is 45.6 Å². The average Bonchev–Trinajstić information content (AvgIpc) is 2.83. The van der Waals surface area contributed by atoms with Crippen LogP contribution in [0.2, 0.25) is 0 Å². The number of aryl methyl sites for hydroxylation is 1. The third-order valence-corrected chi connectivity index (χ3v) is 4.27. The molecule has 0 radical (unpaired) electrons. The molecule has 0 bridgehead atoms. The van der Waals surface area contributed by atoms with E-state index in [9.17, 15) is 4.79 Å². The normalized spacial score (nSPS) is 16.3. The van der Waals surface area contributed by atoms with Crippen LogP contribution < -0.4 is 0 Å². The molecule has 6 nitrogen and oxygen atoms in total. The van der Waals surface area contributed by atoms with E-state index in [1.807, 2.05) is 17.7 Å². The summed E-state index contributed by atoms with van der Waals surface area (Å²) in [5, 5.41) is 8.47. The van der Waals surface area contributed by atoms with Gasteiger partial charge in [-0.1, -0.05) is 32.9 Å². The minimum absolute atomic E-state index is 0.0337. The summed E-state index contributed by atoms with van der Waals surface area (Å²) in [7, 11) is 1.38. The highest BCUT2D eigenvalue weighted by Gasteiger charge is 2.27. The summed E-state index contributed by atoms with van der Waals surface area (Å²) in [5.74, 6) is 1.13. The Bertz CT molecular complexity index is 815. The van der Waals surface area contributed by atoms with Gasteiger partial charge in [0.15, 0.2) is 5.82 Å². The van der Waals surface area contributed by atoms with Gasteiger partial charge in [-0.05, 0) is 24.0 Å². The van der Waals surface area contributed by atoms with Gasteiger partial charge >= 0.3 is 5.97 Å². The minimum Gasteiger partial charge on any atom is -0.469 e. The fraction of sp³-hybridized carbons (Fsp3) is 0.444. The summed E-state index contributed by atoms with van der Waals surface area (Å²) in [6.07, 6.45) is 1.95. The maximum atomic E-state index is 11.7. The van der Waals surface area contributed by atoms with Crippen LogP contribution in [0.1, 0.15) is 56.0 Å². The lowest BCUT2D eigenvalue weighted by Crippen LogP contribution is -2.14. The fourth-order valence-corrected chi connectivity index (χ4v) is 2.83. The second kappa shape index (κ2) is 5.85. The Morgan fingerprint density at radius 1 is 1.29 bits per heavy atom. The Hall–Kier alpha value is -2.50. The van der Waals surface area contributed by atoms with E-state index in [1.54, 1.807) is 0 Å². The van der Waals surface area contributed by atoms with Crippen molar-refractivity contribution in [1.82, 2.24) is 14.8 Å². The van der Waals surface area contributed by atoms with Gasteiger partial charge in [-0.15, -0.1) is 10.2 Å². The van der Waals surface area contributed by atoms with Gasteiger partial charge in [-0.25, -0.2) is 0 Å². The summed E-state index contributed by atoms with van der Waals surface area (Å²) < 4.78 is 6.78. The predicted molar refractivity (Wildman–Crippen MR) is 91.8 cm³/mol. The van der Waals surface area contributed by atoms with Crippen molar-refractivity contribution in [2.75, 3.05) is 7.11 Å². The zero-order valence-corrected chi connectivity index (χ0v) is 14.7. The molecule has 1 aliphatic heterocycles. The van der Waals surface area contributed by atoms with Crippen molar-refractivity contribution in [3.05, 3.63) is 41.0 Å². The third-order valence-electron chi connectivity index (χ3n) is 4.27. The lowest BCUT2D eigenvalue weighted by Gasteiger charge is -2.21. The van der Waals surface area contributed by atoms with E-state index >= 15 is 0 Å². The molecule has 1 aliphatic rings. The number of rotatable bonds is 2. The number of carbonyl (C=O) groups is 1. The van der Waals surface area contributed by atoms with E-state index in [-0.39, 0.29) is 17.8 Å². The SMILES string of the molecule is COC(=O)C[C@@H]1N=Cc2ccc(C(C)(C)C)cc2-n2c(C)nnc21. The van der Waals surface area contributed by atoms with Crippen molar-refractivity contribution < 1.29 is 9.53 Å². The van der Waals surface area contributed by atoms with Gasteiger partial charge in [-0.2, -0.15) is 0 Å². The van der Waals surface area contributed by atoms with Crippen molar-refractivity contribution in [3.63, 3.8) is 0 Å².